The number of nitrogens with one attached hydrogen (secondary N) is 3. The van der Waals surface area contributed by atoms with Crippen LogP contribution in [0.25, 0.3) is 0 Å². The molecular weight excluding hydrogens is 438 g/mol. The number of amides is 2. The van der Waals surface area contributed by atoms with Crippen LogP contribution >= 0.6 is 0 Å². The van der Waals surface area contributed by atoms with Crippen molar-refractivity contribution in [2.45, 2.75) is 64.1 Å². The van der Waals surface area contributed by atoms with Gasteiger partial charge in [-0.15, -0.1) is 0 Å². The molecule has 34 heavy (non-hydrogen) atoms. The second-order valence-corrected chi connectivity index (χ2v) is 8.72. The van der Waals surface area contributed by atoms with Crippen LogP contribution in [0.3, 0.4) is 0 Å². The highest BCUT2D eigenvalue weighted by molar-refractivity contribution is 5.91. The molecule has 1 aromatic rings. The molecule has 0 spiro atoms. The minimum absolute atomic E-state index is 0.0134. The Bertz CT molecular complexity index is 854. The van der Waals surface area contributed by atoms with Crippen LogP contribution in [0.2, 0.25) is 0 Å². The maximum absolute atomic E-state index is 13.4. The van der Waals surface area contributed by atoms with Crippen molar-refractivity contribution < 1.29 is 24.3 Å². The number of benzene rings is 1. The van der Waals surface area contributed by atoms with Crippen molar-refractivity contribution in [2.75, 3.05) is 19.7 Å². The molecule has 1 aliphatic heterocycles. The fraction of sp³-hybridized carbons (Fsp3) is 0.583. The molecule has 1 saturated heterocycles. The zero-order valence-electron chi connectivity index (χ0n) is 19.7. The van der Waals surface area contributed by atoms with Gasteiger partial charge in [0.1, 0.15) is 6.04 Å². The van der Waals surface area contributed by atoms with E-state index in [2.05, 4.69) is 15.7 Å². The van der Waals surface area contributed by atoms with Crippen molar-refractivity contribution in [2.24, 2.45) is 11.0 Å². The van der Waals surface area contributed by atoms with Gasteiger partial charge in [-0.3, -0.25) is 24.9 Å². The first kappa shape index (κ1) is 25.6. The van der Waals surface area contributed by atoms with E-state index in [1.165, 1.54) is 6.21 Å². The lowest BCUT2D eigenvalue weighted by Crippen LogP contribution is -2.63. The third-order valence-electron chi connectivity index (χ3n) is 6.48. The molecule has 2 aliphatic rings. The number of hydrogen-bond acceptors (Lipinski definition) is 8. The number of hydrazone groups is 1. The second-order valence-electron chi connectivity index (χ2n) is 8.72. The van der Waals surface area contributed by atoms with E-state index >= 15 is 0 Å². The quantitative estimate of drug-likeness (QED) is 0.216. The maximum atomic E-state index is 13.4. The van der Waals surface area contributed by atoms with E-state index in [4.69, 9.17) is 9.94 Å². The zero-order valence-corrected chi connectivity index (χ0v) is 19.7. The van der Waals surface area contributed by atoms with Crippen molar-refractivity contribution >= 4 is 24.0 Å². The van der Waals surface area contributed by atoms with Crippen molar-refractivity contribution in [1.29, 1.82) is 0 Å². The van der Waals surface area contributed by atoms with E-state index in [1.54, 1.807) is 17.4 Å². The molecule has 1 aromatic carbocycles. The summed E-state index contributed by atoms with van der Waals surface area (Å²) < 4.78 is 5.01. The first-order chi connectivity index (χ1) is 16.5. The lowest BCUT2D eigenvalue weighted by Gasteiger charge is -2.43. The number of carbonyl (C=O) groups is 3. The van der Waals surface area contributed by atoms with Gasteiger partial charge in [0.25, 0.3) is 0 Å². The SMILES string of the molecule is CCOC(=O)CN[C@@H](C(=O)N1CC[C@H]1C(=O)NCc1ccc(C=NNO)cc1)C1CCCCC1. The number of hydrogen-bond donors (Lipinski definition) is 4. The first-order valence-electron chi connectivity index (χ1n) is 12.0. The topological polar surface area (TPSA) is 132 Å². The Morgan fingerprint density at radius 1 is 1.18 bits per heavy atom. The molecule has 1 saturated carbocycles. The lowest BCUT2D eigenvalue weighted by atomic mass is 9.82. The van der Waals surface area contributed by atoms with E-state index in [1.807, 2.05) is 24.3 Å². The molecular formula is C24H35N5O5. The first-order valence-corrected chi connectivity index (χ1v) is 12.0. The zero-order chi connectivity index (χ0) is 24.3. The molecule has 186 valence electrons. The lowest BCUT2D eigenvalue weighted by molar-refractivity contribution is -0.151. The van der Waals surface area contributed by atoms with Crippen LogP contribution < -0.4 is 16.2 Å². The van der Waals surface area contributed by atoms with Gasteiger partial charge in [-0.2, -0.15) is 10.7 Å². The molecule has 2 fully saturated rings. The van der Waals surface area contributed by atoms with Gasteiger partial charge >= 0.3 is 5.97 Å². The Hall–Kier alpha value is -2.98. The highest BCUT2D eigenvalue weighted by Crippen LogP contribution is 2.29. The van der Waals surface area contributed by atoms with Crippen LogP contribution in [0, 0.1) is 5.92 Å². The normalized spacial score (nSPS) is 19.4. The largest absolute Gasteiger partial charge is 0.465 e. The summed E-state index contributed by atoms with van der Waals surface area (Å²) in [5, 5.41) is 18.1. The fourth-order valence-electron chi connectivity index (χ4n) is 4.56. The van der Waals surface area contributed by atoms with Gasteiger partial charge in [0.15, 0.2) is 0 Å². The van der Waals surface area contributed by atoms with Crippen molar-refractivity contribution in [1.82, 2.24) is 21.1 Å². The van der Waals surface area contributed by atoms with Gasteiger partial charge in [-0.05, 0) is 43.2 Å². The van der Waals surface area contributed by atoms with Crippen LogP contribution in [-0.2, 0) is 25.7 Å². The molecule has 1 heterocycles. The van der Waals surface area contributed by atoms with E-state index in [0.29, 0.717) is 26.1 Å². The number of ether oxygens (including phenoxy) is 1. The molecule has 2 atom stereocenters. The van der Waals surface area contributed by atoms with Crippen LogP contribution in [0.4, 0.5) is 0 Å². The predicted octanol–water partition coefficient (Wildman–Crippen LogP) is 1.32. The fourth-order valence-corrected chi connectivity index (χ4v) is 4.56. The van der Waals surface area contributed by atoms with Gasteiger partial charge < -0.3 is 15.0 Å². The number of carbonyl (C=O) groups excluding carboxylic acids is 3. The molecule has 0 bridgehead atoms. The standard InChI is InChI=1S/C24H35N5O5/c1-2-34-21(30)16-25-22(19-6-4-3-5-7-19)24(32)29-13-12-20(29)23(31)26-14-17-8-10-18(11-9-17)15-27-28-33/h8-11,15,19-20,22,25,28,33H,2-7,12-14,16H2,1H3,(H,26,31)/t20-,22+/m0/s1. The van der Waals surface area contributed by atoms with Crippen molar-refractivity contribution in [3.63, 3.8) is 0 Å². The summed E-state index contributed by atoms with van der Waals surface area (Å²) in [5.41, 5.74) is 3.43. The highest BCUT2D eigenvalue weighted by atomic mass is 16.5. The van der Waals surface area contributed by atoms with Gasteiger partial charge in [-0.1, -0.05) is 43.5 Å². The van der Waals surface area contributed by atoms with Gasteiger partial charge in [0, 0.05) is 13.1 Å². The maximum Gasteiger partial charge on any atom is 0.319 e. The van der Waals surface area contributed by atoms with Crippen LogP contribution in [-0.4, -0.2) is 65.9 Å². The third kappa shape index (κ3) is 7.01. The minimum atomic E-state index is -0.495. The van der Waals surface area contributed by atoms with E-state index < -0.39 is 12.1 Å². The minimum Gasteiger partial charge on any atom is -0.465 e. The van der Waals surface area contributed by atoms with Gasteiger partial charge in [0.05, 0.1) is 25.4 Å². The monoisotopic (exact) mass is 473 g/mol. The number of esters is 1. The van der Waals surface area contributed by atoms with Crippen molar-refractivity contribution in [3.05, 3.63) is 35.4 Å². The second kappa shape index (κ2) is 13.0. The van der Waals surface area contributed by atoms with Crippen LogP contribution in [0.5, 0.6) is 0 Å². The van der Waals surface area contributed by atoms with Crippen molar-refractivity contribution in [3.8, 4) is 0 Å². The number of likely N-dealkylation sites (tertiary alicyclic amines) is 1. The molecule has 2 amide bonds. The average molecular weight is 474 g/mol. The van der Waals surface area contributed by atoms with Gasteiger partial charge in [-0.25, -0.2) is 0 Å². The Labute approximate surface area is 200 Å². The van der Waals surface area contributed by atoms with Crippen LogP contribution in [0.15, 0.2) is 29.4 Å². The predicted molar refractivity (Wildman–Crippen MR) is 126 cm³/mol. The summed E-state index contributed by atoms with van der Waals surface area (Å²) in [6, 6.07) is 6.40. The molecule has 4 N–H and O–H groups in total. The molecule has 0 aromatic heterocycles. The highest BCUT2D eigenvalue weighted by Gasteiger charge is 2.42. The smallest absolute Gasteiger partial charge is 0.319 e. The van der Waals surface area contributed by atoms with E-state index in [9.17, 15) is 14.4 Å². The summed E-state index contributed by atoms with van der Waals surface area (Å²) in [6.45, 7) is 2.92. The number of nitrogens with zero attached hydrogens (tertiary/aromatic N) is 2. The Balaban J connectivity index is 1.56. The average Bonchev–Trinajstić information content (AvgIpc) is 2.82. The summed E-state index contributed by atoms with van der Waals surface area (Å²) >= 11 is 0. The third-order valence-corrected chi connectivity index (χ3v) is 6.48. The molecule has 10 heteroatoms. The summed E-state index contributed by atoms with van der Waals surface area (Å²) in [7, 11) is 0. The molecule has 0 unspecified atom stereocenters. The van der Waals surface area contributed by atoms with E-state index in [0.717, 1.165) is 43.2 Å². The summed E-state index contributed by atoms with van der Waals surface area (Å²) in [6.07, 6.45) is 7.27. The van der Waals surface area contributed by atoms with Crippen LogP contribution in [0.1, 0.15) is 56.6 Å². The molecule has 0 radical (unpaired) electrons. The van der Waals surface area contributed by atoms with E-state index in [-0.39, 0.29) is 30.2 Å². The summed E-state index contributed by atoms with van der Waals surface area (Å²) in [5.74, 6) is -0.506. The Kier molecular flexibility index (Phi) is 9.84. The Morgan fingerprint density at radius 3 is 2.53 bits per heavy atom. The number of rotatable bonds is 11. The molecule has 3 rings (SSSR count). The Morgan fingerprint density at radius 2 is 1.91 bits per heavy atom. The molecule has 10 nitrogen and oxygen atoms in total. The summed E-state index contributed by atoms with van der Waals surface area (Å²) in [4.78, 5) is 39.7. The molecule has 1 aliphatic carbocycles. The van der Waals surface area contributed by atoms with Gasteiger partial charge in [0.2, 0.25) is 11.8 Å².